The second-order valence-electron chi connectivity index (χ2n) is 3.82. The van der Waals surface area contributed by atoms with Crippen LogP contribution in [0.5, 0.6) is 0 Å². The maximum atomic E-state index is 11.5. The van der Waals surface area contributed by atoms with Gasteiger partial charge in [0.05, 0.1) is 18.6 Å². The van der Waals surface area contributed by atoms with E-state index in [-0.39, 0.29) is 25.0 Å². The zero-order valence-corrected chi connectivity index (χ0v) is 8.36. The Labute approximate surface area is 83.5 Å². The second-order valence-corrected chi connectivity index (χ2v) is 3.82. The van der Waals surface area contributed by atoms with Crippen LogP contribution in [0.4, 0.5) is 0 Å². The highest BCUT2D eigenvalue weighted by Crippen LogP contribution is 2.15. The van der Waals surface area contributed by atoms with Crippen molar-refractivity contribution in [2.75, 3.05) is 26.2 Å². The van der Waals surface area contributed by atoms with Crippen molar-refractivity contribution in [3.8, 4) is 0 Å². The number of carbonyl (C=O) groups excluding carboxylic acids is 1. The molecule has 0 bridgehead atoms. The highest BCUT2D eigenvalue weighted by molar-refractivity contribution is 5.79. The molecule has 1 unspecified atom stereocenters. The molecule has 1 amide bonds. The summed E-state index contributed by atoms with van der Waals surface area (Å²) in [5, 5.41) is 23.3. The highest BCUT2D eigenvalue weighted by Gasteiger charge is 2.29. The molecule has 0 aromatic carbocycles. The summed E-state index contributed by atoms with van der Waals surface area (Å²) in [6.45, 7) is 3.38. The lowest BCUT2D eigenvalue weighted by molar-refractivity contribution is -0.125. The van der Waals surface area contributed by atoms with Crippen LogP contribution in [0.2, 0.25) is 0 Å². The van der Waals surface area contributed by atoms with Crippen molar-refractivity contribution in [3.63, 3.8) is 0 Å². The van der Waals surface area contributed by atoms with Gasteiger partial charge in [-0.05, 0) is 12.5 Å². The summed E-state index contributed by atoms with van der Waals surface area (Å²) in [4.78, 5) is 11.5. The van der Waals surface area contributed by atoms with Crippen LogP contribution in [0.25, 0.3) is 0 Å². The van der Waals surface area contributed by atoms with Crippen molar-refractivity contribution in [3.05, 3.63) is 0 Å². The van der Waals surface area contributed by atoms with E-state index in [9.17, 15) is 4.79 Å². The Morgan fingerprint density at radius 1 is 1.64 bits per heavy atom. The fourth-order valence-electron chi connectivity index (χ4n) is 1.58. The third kappa shape index (κ3) is 2.94. The zero-order valence-electron chi connectivity index (χ0n) is 8.36. The van der Waals surface area contributed by atoms with Gasteiger partial charge < -0.3 is 20.8 Å². The van der Waals surface area contributed by atoms with Crippen LogP contribution in [0.1, 0.15) is 6.92 Å². The minimum Gasteiger partial charge on any atom is -0.394 e. The van der Waals surface area contributed by atoms with Crippen LogP contribution < -0.4 is 10.6 Å². The summed E-state index contributed by atoms with van der Waals surface area (Å²) >= 11 is 0. The van der Waals surface area contributed by atoms with Crippen LogP contribution in [0, 0.1) is 11.8 Å². The fraction of sp³-hybridized carbons (Fsp3) is 0.889. The lowest BCUT2D eigenvalue weighted by atomic mass is 9.97. The maximum Gasteiger partial charge on any atom is 0.224 e. The molecular formula is C9H18N2O3. The molecule has 82 valence electrons. The molecule has 0 saturated carbocycles. The van der Waals surface area contributed by atoms with E-state index >= 15 is 0 Å². The van der Waals surface area contributed by atoms with Gasteiger partial charge in [0.15, 0.2) is 0 Å². The van der Waals surface area contributed by atoms with E-state index in [4.69, 9.17) is 10.2 Å². The number of aliphatic hydroxyl groups excluding tert-OH is 2. The molecule has 0 aliphatic carbocycles. The summed E-state index contributed by atoms with van der Waals surface area (Å²) in [7, 11) is 0. The first kappa shape index (κ1) is 11.4. The minimum atomic E-state index is -0.858. The van der Waals surface area contributed by atoms with Crippen LogP contribution in [0.3, 0.4) is 0 Å². The van der Waals surface area contributed by atoms with E-state index < -0.39 is 6.10 Å². The first-order chi connectivity index (χ1) is 6.65. The highest BCUT2D eigenvalue weighted by atomic mass is 16.3. The first-order valence-corrected chi connectivity index (χ1v) is 4.92. The molecule has 0 spiro atoms. The molecule has 3 atom stereocenters. The zero-order chi connectivity index (χ0) is 10.6. The van der Waals surface area contributed by atoms with Crippen molar-refractivity contribution in [2.24, 2.45) is 11.8 Å². The summed E-state index contributed by atoms with van der Waals surface area (Å²) in [5.74, 6) is 0.275. The van der Waals surface area contributed by atoms with Crippen LogP contribution in [0.15, 0.2) is 0 Å². The molecule has 1 heterocycles. The van der Waals surface area contributed by atoms with Gasteiger partial charge in [0.1, 0.15) is 0 Å². The fourth-order valence-corrected chi connectivity index (χ4v) is 1.58. The van der Waals surface area contributed by atoms with E-state index in [2.05, 4.69) is 10.6 Å². The van der Waals surface area contributed by atoms with Gasteiger partial charge in [0.2, 0.25) is 5.91 Å². The van der Waals surface area contributed by atoms with Gasteiger partial charge in [0.25, 0.3) is 0 Å². The molecular weight excluding hydrogens is 184 g/mol. The standard InChI is InChI=1S/C9H18N2O3/c1-6-2-10-4-8(6)9(14)11-3-7(13)5-12/h6-8,10,12-13H,2-5H2,1H3,(H,11,14)/t6-,7?,8-/m1/s1. The van der Waals surface area contributed by atoms with Crippen molar-refractivity contribution in [2.45, 2.75) is 13.0 Å². The second kappa shape index (κ2) is 5.29. The van der Waals surface area contributed by atoms with Gasteiger partial charge in [-0.1, -0.05) is 6.92 Å². The lowest BCUT2D eigenvalue weighted by Gasteiger charge is -2.15. The average Bonchev–Trinajstić information content (AvgIpc) is 2.60. The van der Waals surface area contributed by atoms with Crippen molar-refractivity contribution in [1.82, 2.24) is 10.6 Å². The SMILES string of the molecule is C[C@@H]1CNC[C@H]1C(=O)NCC(O)CO. The first-order valence-electron chi connectivity index (χ1n) is 4.92. The predicted octanol–water partition coefficient (Wildman–Crippen LogP) is -1.69. The Morgan fingerprint density at radius 3 is 2.86 bits per heavy atom. The molecule has 5 heteroatoms. The number of carbonyl (C=O) groups is 1. The molecule has 14 heavy (non-hydrogen) atoms. The monoisotopic (exact) mass is 202 g/mol. The summed E-state index contributed by atoms with van der Waals surface area (Å²) in [6, 6.07) is 0. The molecule has 5 nitrogen and oxygen atoms in total. The minimum absolute atomic E-state index is 0.0131. The van der Waals surface area contributed by atoms with Crippen LogP contribution >= 0.6 is 0 Å². The average molecular weight is 202 g/mol. The number of aliphatic hydroxyl groups is 2. The van der Waals surface area contributed by atoms with Gasteiger partial charge in [-0.3, -0.25) is 4.79 Å². The Bertz CT molecular complexity index is 198. The largest absolute Gasteiger partial charge is 0.394 e. The summed E-state index contributed by atoms with van der Waals surface area (Å²) in [5.41, 5.74) is 0. The Hall–Kier alpha value is -0.650. The van der Waals surface area contributed by atoms with Gasteiger partial charge in [-0.15, -0.1) is 0 Å². The van der Waals surface area contributed by atoms with E-state index in [1.807, 2.05) is 6.92 Å². The molecule has 1 aliphatic heterocycles. The molecule has 1 aliphatic rings. The third-order valence-corrected chi connectivity index (χ3v) is 2.58. The van der Waals surface area contributed by atoms with E-state index in [1.165, 1.54) is 0 Å². The molecule has 1 saturated heterocycles. The normalized spacial score (nSPS) is 28.8. The topological polar surface area (TPSA) is 81.6 Å². The van der Waals surface area contributed by atoms with Gasteiger partial charge in [-0.25, -0.2) is 0 Å². The Balaban J connectivity index is 2.27. The van der Waals surface area contributed by atoms with E-state index in [0.29, 0.717) is 12.5 Å². The number of hydrogen-bond donors (Lipinski definition) is 4. The smallest absolute Gasteiger partial charge is 0.224 e. The van der Waals surface area contributed by atoms with Crippen molar-refractivity contribution in [1.29, 1.82) is 0 Å². The molecule has 0 aromatic heterocycles. The Kier molecular flexibility index (Phi) is 4.31. The maximum absolute atomic E-state index is 11.5. The quantitative estimate of drug-likeness (QED) is 0.438. The van der Waals surface area contributed by atoms with Crippen molar-refractivity contribution < 1.29 is 15.0 Å². The summed E-state index contributed by atoms with van der Waals surface area (Å²) in [6.07, 6.45) is -0.858. The van der Waals surface area contributed by atoms with Gasteiger partial charge in [-0.2, -0.15) is 0 Å². The number of amides is 1. The molecule has 4 N–H and O–H groups in total. The summed E-state index contributed by atoms with van der Waals surface area (Å²) < 4.78 is 0. The molecule has 0 radical (unpaired) electrons. The molecule has 1 fully saturated rings. The van der Waals surface area contributed by atoms with Crippen LogP contribution in [-0.2, 0) is 4.79 Å². The number of hydrogen-bond acceptors (Lipinski definition) is 4. The van der Waals surface area contributed by atoms with Gasteiger partial charge in [0, 0.05) is 13.1 Å². The number of nitrogens with one attached hydrogen (secondary N) is 2. The Morgan fingerprint density at radius 2 is 2.36 bits per heavy atom. The third-order valence-electron chi connectivity index (χ3n) is 2.58. The van der Waals surface area contributed by atoms with E-state index in [1.54, 1.807) is 0 Å². The van der Waals surface area contributed by atoms with Crippen molar-refractivity contribution >= 4 is 5.91 Å². The van der Waals surface area contributed by atoms with E-state index in [0.717, 1.165) is 6.54 Å². The molecule has 0 aromatic rings. The predicted molar refractivity (Wildman–Crippen MR) is 51.6 cm³/mol. The lowest BCUT2D eigenvalue weighted by Crippen LogP contribution is -2.39. The molecule has 1 rings (SSSR count). The van der Waals surface area contributed by atoms with Crippen LogP contribution in [-0.4, -0.2) is 48.5 Å². The number of rotatable bonds is 4. The van der Waals surface area contributed by atoms with Gasteiger partial charge >= 0.3 is 0 Å².